The number of carbonyl (C=O) groups is 2. The summed E-state index contributed by atoms with van der Waals surface area (Å²) in [6, 6.07) is 26.8. The Hall–Kier alpha value is -3.92. The van der Waals surface area contributed by atoms with Crippen LogP contribution in [-0.2, 0) is 0 Å². The zero-order valence-electron chi connectivity index (χ0n) is 20.1. The van der Waals surface area contributed by atoms with Gasteiger partial charge in [0.25, 0.3) is 11.8 Å². The maximum atomic E-state index is 12.9. The Morgan fingerprint density at radius 3 is 1.21 bits per heavy atom. The van der Waals surface area contributed by atoms with Gasteiger partial charge in [-0.1, -0.05) is 76.2 Å². The molecular formula is C30H30N2O2. The van der Waals surface area contributed by atoms with Crippen molar-refractivity contribution in [2.75, 3.05) is 10.6 Å². The Labute approximate surface area is 201 Å². The van der Waals surface area contributed by atoms with Gasteiger partial charge < -0.3 is 10.6 Å². The molecule has 0 aliphatic rings. The number of amides is 2. The maximum absolute atomic E-state index is 12.9. The first-order valence-corrected chi connectivity index (χ1v) is 11.7. The van der Waals surface area contributed by atoms with Crippen LogP contribution in [0.2, 0.25) is 0 Å². The van der Waals surface area contributed by atoms with Gasteiger partial charge in [-0.2, -0.15) is 0 Å². The first-order chi connectivity index (χ1) is 16.3. The molecule has 34 heavy (non-hydrogen) atoms. The second-order valence-electron chi connectivity index (χ2n) is 9.17. The topological polar surface area (TPSA) is 58.2 Å². The number of benzene rings is 4. The minimum Gasteiger partial charge on any atom is -0.321 e. The average Bonchev–Trinajstić information content (AvgIpc) is 2.84. The van der Waals surface area contributed by atoms with E-state index in [1.54, 1.807) is 0 Å². The summed E-state index contributed by atoms with van der Waals surface area (Å²) in [5.41, 5.74) is 5.01. The number of rotatable bonds is 6. The van der Waals surface area contributed by atoms with Crippen LogP contribution in [-0.4, -0.2) is 11.8 Å². The molecule has 4 aromatic rings. The number of fused-ring (bicyclic) bond motifs is 1. The van der Waals surface area contributed by atoms with Gasteiger partial charge in [-0.15, -0.1) is 0 Å². The Morgan fingerprint density at radius 1 is 0.529 bits per heavy atom. The van der Waals surface area contributed by atoms with Crippen LogP contribution >= 0.6 is 0 Å². The predicted molar refractivity (Wildman–Crippen MR) is 141 cm³/mol. The van der Waals surface area contributed by atoms with Crippen LogP contribution in [0.3, 0.4) is 0 Å². The normalized spacial score (nSPS) is 11.1. The molecule has 0 saturated heterocycles. The first-order valence-electron chi connectivity index (χ1n) is 11.7. The molecule has 0 heterocycles. The lowest BCUT2D eigenvalue weighted by atomic mass is 10.0. The third-order valence-corrected chi connectivity index (χ3v) is 6.10. The molecule has 0 aliphatic heterocycles. The summed E-state index contributed by atoms with van der Waals surface area (Å²) in [5.74, 6) is 0.499. The van der Waals surface area contributed by atoms with Gasteiger partial charge in [-0.05, 0) is 59.4 Å². The third-order valence-electron chi connectivity index (χ3n) is 6.10. The van der Waals surface area contributed by atoms with Crippen molar-refractivity contribution in [1.29, 1.82) is 0 Å². The number of carbonyl (C=O) groups excluding carboxylic acids is 2. The molecule has 0 aromatic heterocycles. The summed E-state index contributed by atoms with van der Waals surface area (Å²) < 4.78 is 0. The van der Waals surface area contributed by atoms with Crippen LogP contribution in [0.15, 0.2) is 84.9 Å². The van der Waals surface area contributed by atoms with E-state index in [0.29, 0.717) is 34.3 Å². The highest BCUT2D eigenvalue weighted by Crippen LogP contribution is 2.30. The molecular weight excluding hydrogens is 420 g/mol. The zero-order chi connectivity index (χ0) is 24.2. The third kappa shape index (κ3) is 5.01. The average molecular weight is 451 g/mol. The number of hydrogen-bond acceptors (Lipinski definition) is 2. The minimum absolute atomic E-state index is 0.164. The van der Waals surface area contributed by atoms with Crippen molar-refractivity contribution in [1.82, 2.24) is 0 Å². The minimum atomic E-state index is -0.164. The lowest BCUT2D eigenvalue weighted by Gasteiger charge is -2.13. The number of anilines is 2. The molecule has 0 spiro atoms. The van der Waals surface area contributed by atoms with Gasteiger partial charge in [0, 0.05) is 33.3 Å². The monoisotopic (exact) mass is 450 g/mol. The Balaban J connectivity index is 1.57. The summed E-state index contributed by atoms with van der Waals surface area (Å²) >= 11 is 0. The predicted octanol–water partition coefficient (Wildman–Crippen LogP) is 7.59. The molecule has 0 bridgehead atoms. The van der Waals surface area contributed by atoms with E-state index in [0.717, 1.165) is 10.8 Å². The number of nitrogens with one attached hydrogen (secondary N) is 2. The van der Waals surface area contributed by atoms with Crippen LogP contribution in [0.25, 0.3) is 10.8 Å². The molecule has 4 aromatic carbocycles. The van der Waals surface area contributed by atoms with Crippen molar-refractivity contribution in [3.63, 3.8) is 0 Å². The van der Waals surface area contributed by atoms with Gasteiger partial charge in [-0.3, -0.25) is 9.59 Å². The standard InChI is InChI=1S/C30H30N2O2/c1-19(2)21-11-15-23(16-12-21)29(33)31-27-9-5-8-26-25(27)7-6-10-28(26)32-30(34)24-17-13-22(14-18-24)20(3)4/h5-20H,1-4H3,(H,31,33)(H,32,34). The molecule has 2 amide bonds. The van der Waals surface area contributed by atoms with Crippen molar-refractivity contribution in [3.05, 3.63) is 107 Å². The smallest absolute Gasteiger partial charge is 0.255 e. The van der Waals surface area contributed by atoms with Gasteiger partial charge in [0.1, 0.15) is 0 Å². The lowest BCUT2D eigenvalue weighted by Crippen LogP contribution is -2.13. The fourth-order valence-corrected chi connectivity index (χ4v) is 3.96. The van der Waals surface area contributed by atoms with Crippen LogP contribution in [0.4, 0.5) is 11.4 Å². The Morgan fingerprint density at radius 2 is 0.882 bits per heavy atom. The largest absolute Gasteiger partial charge is 0.321 e. The molecule has 4 heteroatoms. The van der Waals surface area contributed by atoms with Crippen LogP contribution in [0, 0.1) is 0 Å². The fourth-order valence-electron chi connectivity index (χ4n) is 3.96. The second kappa shape index (κ2) is 9.92. The van der Waals surface area contributed by atoms with Gasteiger partial charge in [0.2, 0.25) is 0 Å². The molecule has 0 unspecified atom stereocenters. The molecule has 2 N–H and O–H groups in total. The molecule has 172 valence electrons. The Kier molecular flexibility index (Phi) is 6.78. The van der Waals surface area contributed by atoms with Crippen LogP contribution < -0.4 is 10.6 Å². The van der Waals surface area contributed by atoms with Gasteiger partial charge in [0.15, 0.2) is 0 Å². The molecule has 0 aliphatic carbocycles. The highest BCUT2D eigenvalue weighted by molar-refractivity contribution is 6.14. The van der Waals surface area contributed by atoms with E-state index in [-0.39, 0.29) is 11.8 Å². The van der Waals surface area contributed by atoms with Crippen LogP contribution in [0.1, 0.15) is 71.4 Å². The SMILES string of the molecule is CC(C)c1ccc(C(=O)Nc2cccc3c(NC(=O)c4ccc(C(C)C)cc4)cccc23)cc1. The second-order valence-corrected chi connectivity index (χ2v) is 9.17. The van der Waals surface area contributed by atoms with E-state index in [4.69, 9.17) is 0 Å². The van der Waals surface area contributed by atoms with E-state index in [9.17, 15) is 9.59 Å². The van der Waals surface area contributed by atoms with Gasteiger partial charge in [-0.25, -0.2) is 0 Å². The highest BCUT2D eigenvalue weighted by atomic mass is 16.2. The Bertz CT molecular complexity index is 1220. The summed E-state index contributed by atoms with van der Waals surface area (Å²) in [4.78, 5) is 25.8. The molecule has 0 radical (unpaired) electrons. The van der Waals surface area contributed by atoms with E-state index in [1.165, 1.54) is 11.1 Å². The molecule has 4 nitrogen and oxygen atoms in total. The summed E-state index contributed by atoms with van der Waals surface area (Å²) in [5, 5.41) is 7.78. The summed E-state index contributed by atoms with van der Waals surface area (Å²) in [6.45, 7) is 8.51. The van der Waals surface area contributed by atoms with E-state index >= 15 is 0 Å². The van der Waals surface area contributed by atoms with Gasteiger partial charge in [0.05, 0.1) is 0 Å². The van der Waals surface area contributed by atoms with Crippen molar-refractivity contribution in [2.24, 2.45) is 0 Å². The van der Waals surface area contributed by atoms with E-state index < -0.39 is 0 Å². The maximum Gasteiger partial charge on any atom is 0.255 e. The summed E-state index contributed by atoms with van der Waals surface area (Å²) in [6.07, 6.45) is 0. The quantitative estimate of drug-likeness (QED) is 0.318. The van der Waals surface area contributed by atoms with E-state index in [1.807, 2.05) is 84.9 Å². The van der Waals surface area contributed by atoms with Crippen LogP contribution in [0.5, 0.6) is 0 Å². The van der Waals surface area contributed by atoms with E-state index in [2.05, 4.69) is 38.3 Å². The highest BCUT2D eigenvalue weighted by Gasteiger charge is 2.13. The van der Waals surface area contributed by atoms with Crippen molar-refractivity contribution in [3.8, 4) is 0 Å². The molecule has 4 rings (SSSR count). The fraction of sp³-hybridized carbons (Fsp3) is 0.200. The molecule has 0 atom stereocenters. The van der Waals surface area contributed by atoms with Crippen molar-refractivity contribution >= 4 is 34.0 Å². The molecule has 0 fully saturated rings. The lowest BCUT2D eigenvalue weighted by molar-refractivity contribution is 0.101. The first kappa shape index (κ1) is 23.2. The summed E-state index contributed by atoms with van der Waals surface area (Å²) in [7, 11) is 0. The number of hydrogen-bond donors (Lipinski definition) is 2. The zero-order valence-corrected chi connectivity index (χ0v) is 20.1. The molecule has 0 saturated carbocycles. The van der Waals surface area contributed by atoms with Crippen molar-refractivity contribution < 1.29 is 9.59 Å². The van der Waals surface area contributed by atoms with Crippen molar-refractivity contribution in [2.45, 2.75) is 39.5 Å². The van der Waals surface area contributed by atoms with Gasteiger partial charge >= 0.3 is 0 Å².